The first-order valence-electron chi connectivity index (χ1n) is 8.09. The molecule has 128 valence electrons. The highest BCUT2D eigenvalue weighted by atomic mass is 16.6. The van der Waals surface area contributed by atoms with Crippen molar-refractivity contribution in [1.82, 2.24) is 5.32 Å². The highest BCUT2D eigenvalue weighted by Crippen LogP contribution is 2.18. The molecule has 0 aliphatic rings. The zero-order valence-electron chi connectivity index (χ0n) is 14.3. The lowest BCUT2D eigenvalue weighted by atomic mass is 9.94. The Labute approximate surface area is 138 Å². The molecule has 0 radical (unpaired) electrons. The van der Waals surface area contributed by atoms with Crippen LogP contribution in [0.4, 0.5) is 4.79 Å². The summed E-state index contributed by atoms with van der Waals surface area (Å²) >= 11 is 0. The van der Waals surface area contributed by atoms with E-state index in [2.05, 4.69) is 12.2 Å². The largest absolute Gasteiger partial charge is 0.467 e. The molecule has 0 saturated carbocycles. The quantitative estimate of drug-likeness (QED) is 0.555. The first-order valence-corrected chi connectivity index (χ1v) is 8.09. The first-order chi connectivity index (χ1) is 11.0. The number of carbonyl (C=O) groups excluding carboxylic acids is 2. The van der Waals surface area contributed by atoms with Gasteiger partial charge in [-0.2, -0.15) is 0 Å². The molecule has 1 atom stereocenters. The van der Waals surface area contributed by atoms with Crippen molar-refractivity contribution in [3.8, 4) is 0 Å². The van der Waals surface area contributed by atoms with Crippen molar-refractivity contribution in [3.05, 3.63) is 35.9 Å². The van der Waals surface area contributed by atoms with Crippen LogP contribution in [0.3, 0.4) is 0 Å². The lowest BCUT2D eigenvalue weighted by Gasteiger charge is -2.27. The third kappa shape index (κ3) is 6.72. The van der Waals surface area contributed by atoms with Gasteiger partial charge in [0, 0.05) is 0 Å². The zero-order valence-corrected chi connectivity index (χ0v) is 14.3. The van der Waals surface area contributed by atoms with E-state index in [4.69, 9.17) is 9.47 Å². The number of nitrogens with one attached hydrogen (secondary N) is 1. The van der Waals surface area contributed by atoms with Crippen molar-refractivity contribution in [2.45, 2.75) is 58.1 Å². The molecule has 1 amide bonds. The number of alkyl carbamates (subject to hydrolysis) is 1. The summed E-state index contributed by atoms with van der Waals surface area (Å²) in [7, 11) is 1.32. The molecule has 0 bridgehead atoms. The van der Waals surface area contributed by atoms with E-state index >= 15 is 0 Å². The van der Waals surface area contributed by atoms with Gasteiger partial charge in [-0.3, -0.25) is 0 Å². The van der Waals surface area contributed by atoms with Crippen molar-refractivity contribution >= 4 is 12.1 Å². The smallest absolute Gasteiger partial charge is 0.408 e. The highest BCUT2D eigenvalue weighted by Gasteiger charge is 2.36. The van der Waals surface area contributed by atoms with Gasteiger partial charge in [0.1, 0.15) is 12.1 Å². The van der Waals surface area contributed by atoms with Crippen LogP contribution in [0.5, 0.6) is 0 Å². The SMILES string of the molecule is CCCCCC[C@](C)(NC(=O)OCc1ccccc1)C(=O)OC. The summed E-state index contributed by atoms with van der Waals surface area (Å²) < 4.78 is 10.0. The van der Waals surface area contributed by atoms with Crippen molar-refractivity contribution in [3.63, 3.8) is 0 Å². The Balaban J connectivity index is 2.54. The summed E-state index contributed by atoms with van der Waals surface area (Å²) in [5.41, 5.74) is -0.165. The Morgan fingerprint density at radius 2 is 1.83 bits per heavy atom. The highest BCUT2D eigenvalue weighted by molar-refractivity contribution is 5.85. The van der Waals surface area contributed by atoms with Gasteiger partial charge in [0.25, 0.3) is 0 Å². The van der Waals surface area contributed by atoms with Crippen molar-refractivity contribution in [2.24, 2.45) is 0 Å². The maximum absolute atomic E-state index is 12.0. The maximum atomic E-state index is 12.0. The fraction of sp³-hybridized carbons (Fsp3) is 0.556. The van der Waals surface area contributed by atoms with Gasteiger partial charge < -0.3 is 14.8 Å². The average molecular weight is 321 g/mol. The van der Waals surface area contributed by atoms with E-state index in [0.717, 1.165) is 31.2 Å². The molecule has 0 aliphatic carbocycles. The Morgan fingerprint density at radius 1 is 1.13 bits per heavy atom. The predicted octanol–water partition coefficient (Wildman–Crippen LogP) is 3.81. The molecule has 0 saturated heterocycles. The van der Waals surface area contributed by atoms with E-state index in [-0.39, 0.29) is 6.61 Å². The summed E-state index contributed by atoms with van der Waals surface area (Å²) in [5.74, 6) is -0.453. The lowest BCUT2D eigenvalue weighted by Crippen LogP contribution is -2.52. The number of carbonyl (C=O) groups is 2. The van der Waals surface area contributed by atoms with E-state index < -0.39 is 17.6 Å². The molecule has 23 heavy (non-hydrogen) atoms. The van der Waals surface area contributed by atoms with Gasteiger partial charge in [-0.1, -0.05) is 62.9 Å². The van der Waals surface area contributed by atoms with Gasteiger partial charge in [-0.15, -0.1) is 0 Å². The van der Waals surface area contributed by atoms with Crippen molar-refractivity contribution < 1.29 is 19.1 Å². The first kappa shape index (κ1) is 19.0. The fourth-order valence-corrected chi connectivity index (χ4v) is 2.33. The van der Waals surface area contributed by atoms with Crippen LogP contribution in [-0.4, -0.2) is 24.7 Å². The van der Waals surface area contributed by atoms with E-state index in [1.54, 1.807) is 6.92 Å². The zero-order chi connectivity index (χ0) is 17.1. The molecular formula is C18H27NO4. The molecule has 1 N–H and O–H groups in total. The van der Waals surface area contributed by atoms with E-state index in [9.17, 15) is 9.59 Å². The number of methoxy groups -OCH3 is 1. The summed E-state index contributed by atoms with van der Waals surface area (Å²) in [6.45, 7) is 3.97. The second-order valence-corrected chi connectivity index (χ2v) is 5.82. The van der Waals surface area contributed by atoms with Gasteiger partial charge >= 0.3 is 12.1 Å². The molecule has 0 heterocycles. The number of hydrogen-bond acceptors (Lipinski definition) is 4. The van der Waals surface area contributed by atoms with Crippen LogP contribution in [-0.2, 0) is 20.9 Å². The summed E-state index contributed by atoms with van der Waals surface area (Å²) in [6.07, 6.45) is 4.00. The maximum Gasteiger partial charge on any atom is 0.408 e. The van der Waals surface area contributed by atoms with Crippen LogP contribution in [0.15, 0.2) is 30.3 Å². The molecular weight excluding hydrogens is 294 g/mol. The number of esters is 1. The van der Waals surface area contributed by atoms with Crippen LogP contribution in [0, 0.1) is 0 Å². The minimum Gasteiger partial charge on any atom is -0.467 e. The molecule has 0 spiro atoms. The molecule has 5 nitrogen and oxygen atoms in total. The Hall–Kier alpha value is -2.04. The van der Waals surface area contributed by atoms with E-state index in [1.165, 1.54) is 7.11 Å². The third-order valence-electron chi connectivity index (χ3n) is 3.76. The Kier molecular flexibility index (Phi) is 8.16. The number of rotatable bonds is 9. The minimum atomic E-state index is -1.06. The molecule has 1 aromatic carbocycles. The van der Waals surface area contributed by atoms with Crippen LogP contribution in [0.25, 0.3) is 0 Å². The predicted molar refractivity (Wildman–Crippen MR) is 88.9 cm³/mol. The number of hydrogen-bond donors (Lipinski definition) is 1. The molecule has 5 heteroatoms. The molecule has 1 rings (SSSR count). The van der Waals surface area contributed by atoms with Gasteiger partial charge in [-0.05, 0) is 18.9 Å². The van der Waals surface area contributed by atoms with Gasteiger partial charge in [0.15, 0.2) is 0 Å². The van der Waals surface area contributed by atoms with Crippen molar-refractivity contribution in [1.29, 1.82) is 0 Å². The van der Waals surface area contributed by atoms with Crippen LogP contribution in [0.1, 0.15) is 51.5 Å². The van der Waals surface area contributed by atoms with E-state index in [0.29, 0.717) is 6.42 Å². The molecule has 0 aromatic heterocycles. The second kappa shape index (κ2) is 9.87. The lowest BCUT2D eigenvalue weighted by molar-refractivity contribution is -0.148. The Bertz CT molecular complexity index is 489. The summed E-state index contributed by atoms with van der Waals surface area (Å²) in [6, 6.07) is 9.40. The molecule has 0 unspecified atom stereocenters. The van der Waals surface area contributed by atoms with Crippen LogP contribution < -0.4 is 5.32 Å². The van der Waals surface area contributed by atoms with Gasteiger partial charge in [0.05, 0.1) is 7.11 Å². The normalized spacial score (nSPS) is 13.0. The molecule has 0 fully saturated rings. The number of ether oxygens (including phenoxy) is 2. The summed E-state index contributed by atoms with van der Waals surface area (Å²) in [5, 5.41) is 2.66. The molecule has 0 aliphatic heterocycles. The average Bonchev–Trinajstić information content (AvgIpc) is 2.57. The summed E-state index contributed by atoms with van der Waals surface area (Å²) in [4.78, 5) is 24.0. The number of unbranched alkanes of at least 4 members (excludes halogenated alkanes) is 3. The standard InChI is InChI=1S/C18H27NO4/c1-4-5-6-10-13-18(2,16(20)22-3)19-17(21)23-14-15-11-8-7-9-12-15/h7-9,11-12H,4-6,10,13-14H2,1-3H3,(H,19,21)/t18-/m0/s1. The fourth-order valence-electron chi connectivity index (χ4n) is 2.33. The Morgan fingerprint density at radius 3 is 2.43 bits per heavy atom. The van der Waals surface area contributed by atoms with Crippen LogP contribution >= 0.6 is 0 Å². The monoisotopic (exact) mass is 321 g/mol. The van der Waals surface area contributed by atoms with E-state index in [1.807, 2.05) is 30.3 Å². The topological polar surface area (TPSA) is 64.6 Å². The van der Waals surface area contributed by atoms with Crippen LogP contribution in [0.2, 0.25) is 0 Å². The van der Waals surface area contributed by atoms with Gasteiger partial charge in [0.2, 0.25) is 0 Å². The number of benzene rings is 1. The van der Waals surface area contributed by atoms with Gasteiger partial charge in [-0.25, -0.2) is 9.59 Å². The molecule has 1 aromatic rings. The second-order valence-electron chi connectivity index (χ2n) is 5.82. The third-order valence-corrected chi connectivity index (χ3v) is 3.76. The van der Waals surface area contributed by atoms with Crippen molar-refractivity contribution in [2.75, 3.05) is 7.11 Å². The number of amides is 1. The minimum absolute atomic E-state index is 0.166.